The van der Waals surface area contributed by atoms with Gasteiger partial charge in [0.2, 0.25) is 0 Å². The number of carbonyl (C=O) groups excluding carboxylic acids is 1. The number of nitrogens with zero attached hydrogens (tertiary/aromatic N) is 1. The van der Waals surface area contributed by atoms with Crippen LogP contribution in [0.2, 0.25) is 0 Å². The average molecular weight is 241 g/mol. The average Bonchev–Trinajstić information content (AvgIpc) is 2.77. The summed E-state index contributed by atoms with van der Waals surface area (Å²) in [7, 11) is 1.42. The Morgan fingerprint density at radius 1 is 1.59 bits per heavy atom. The van der Waals surface area contributed by atoms with Crippen LogP contribution in [0.5, 0.6) is 0 Å². The number of hydrogen-bond donors (Lipinski definition) is 0. The second-order valence-electron chi connectivity index (χ2n) is 4.65. The molecule has 0 unspecified atom stereocenters. The van der Waals surface area contributed by atoms with Crippen molar-refractivity contribution in [2.75, 3.05) is 33.4 Å². The highest BCUT2D eigenvalue weighted by Gasteiger charge is 2.19. The molecule has 0 radical (unpaired) electrons. The predicted molar refractivity (Wildman–Crippen MR) is 66.9 cm³/mol. The molecule has 0 bridgehead atoms. The molecule has 1 fully saturated rings. The fourth-order valence-electron chi connectivity index (χ4n) is 2.04. The van der Waals surface area contributed by atoms with Gasteiger partial charge in [0.15, 0.2) is 0 Å². The highest BCUT2D eigenvalue weighted by molar-refractivity contribution is 5.69. The van der Waals surface area contributed by atoms with Gasteiger partial charge in [-0.05, 0) is 19.8 Å². The van der Waals surface area contributed by atoms with E-state index in [1.54, 1.807) is 0 Å². The summed E-state index contributed by atoms with van der Waals surface area (Å²) >= 11 is 0. The maximum absolute atomic E-state index is 11.1. The van der Waals surface area contributed by atoms with Gasteiger partial charge in [0.1, 0.15) is 0 Å². The Morgan fingerprint density at radius 3 is 2.88 bits per heavy atom. The Balaban J connectivity index is 2.35. The van der Waals surface area contributed by atoms with Crippen LogP contribution in [0.4, 0.5) is 0 Å². The number of rotatable bonds is 7. The van der Waals surface area contributed by atoms with Crippen LogP contribution in [-0.4, -0.2) is 50.3 Å². The molecule has 98 valence electrons. The topological polar surface area (TPSA) is 38.8 Å². The van der Waals surface area contributed by atoms with Gasteiger partial charge in [-0.1, -0.05) is 12.2 Å². The van der Waals surface area contributed by atoms with Gasteiger partial charge in [0.25, 0.3) is 0 Å². The fraction of sp³-hybridized carbons (Fsp3) is 0.769. The van der Waals surface area contributed by atoms with Crippen molar-refractivity contribution in [3.8, 4) is 0 Å². The minimum absolute atomic E-state index is 0.163. The number of hydrogen-bond acceptors (Lipinski definition) is 4. The molecule has 4 heteroatoms. The van der Waals surface area contributed by atoms with Gasteiger partial charge in [-0.2, -0.15) is 0 Å². The van der Waals surface area contributed by atoms with Crippen molar-refractivity contribution < 1.29 is 14.3 Å². The van der Waals surface area contributed by atoms with Crippen molar-refractivity contribution in [3.63, 3.8) is 0 Å². The van der Waals surface area contributed by atoms with Gasteiger partial charge in [-0.3, -0.25) is 9.69 Å². The van der Waals surface area contributed by atoms with E-state index in [4.69, 9.17) is 4.74 Å². The van der Waals surface area contributed by atoms with E-state index >= 15 is 0 Å². The highest BCUT2D eigenvalue weighted by atomic mass is 16.5. The van der Waals surface area contributed by atoms with Gasteiger partial charge in [-0.25, -0.2) is 0 Å². The van der Waals surface area contributed by atoms with Crippen molar-refractivity contribution in [1.29, 1.82) is 0 Å². The second-order valence-corrected chi connectivity index (χ2v) is 4.65. The SMILES string of the molecule is C=C(C)CN(CCC(=O)OC)C[C@H]1CCCO1. The van der Waals surface area contributed by atoms with E-state index in [1.807, 2.05) is 6.92 Å². The molecule has 1 aliphatic rings. The maximum Gasteiger partial charge on any atom is 0.306 e. The number of methoxy groups -OCH3 is 1. The van der Waals surface area contributed by atoms with Gasteiger partial charge >= 0.3 is 5.97 Å². The molecule has 0 spiro atoms. The molecule has 1 heterocycles. The lowest BCUT2D eigenvalue weighted by Crippen LogP contribution is -2.35. The number of esters is 1. The van der Waals surface area contributed by atoms with Gasteiger partial charge in [0, 0.05) is 26.2 Å². The third-order valence-corrected chi connectivity index (χ3v) is 2.84. The van der Waals surface area contributed by atoms with E-state index < -0.39 is 0 Å². The summed E-state index contributed by atoms with van der Waals surface area (Å²) in [5.41, 5.74) is 1.10. The van der Waals surface area contributed by atoms with E-state index in [9.17, 15) is 4.79 Å². The molecule has 17 heavy (non-hydrogen) atoms. The van der Waals surface area contributed by atoms with Crippen molar-refractivity contribution in [1.82, 2.24) is 4.90 Å². The van der Waals surface area contributed by atoms with E-state index in [2.05, 4.69) is 16.2 Å². The first-order valence-electron chi connectivity index (χ1n) is 6.17. The lowest BCUT2D eigenvalue weighted by Gasteiger charge is -2.24. The van der Waals surface area contributed by atoms with Crippen LogP contribution in [-0.2, 0) is 14.3 Å². The summed E-state index contributed by atoms with van der Waals surface area (Å²) in [4.78, 5) is 13.4. The van der Waals surface area contributed by atoms with Crippen LogP contribution in [0, 0.1) is 0 Å². The normalized spacial score (nSPS) is 19.6. The Labute approximate surface area is 104 Å². The van der Waals surface area contributed by atoms with Crippen molar-refractivity contribution in [2.24, 2.45) is 0 Å². The highest BCUT2D eigenvalue weighted by Crippen LogP contribution is 2.14. The summed E-state index contributed by atoms with van der Waals surface area (Å²) in [6.45, 7) is 9.19. The predicted octanol–water partition coefficient (Wildman–Crippen LogP) is 1.61. The molecule has 1 aliphatic heterocycles. The summed E-state index contributed by atoms with van der Waals surface area (Å²) in [6.07, 6.45) is 3.00. The van der Waals surface area contributed by atoms with Crippen LogP contribution in [0.15, 0.2) is 12.2 Å². The molecule has 4 nitrogen and oxygen atoms in total. The summed E-state index contributed by atoms with van der Waals surface area (Å²) in [6, 6.07) is 0. The lowest BCUT2D eigenvalue weighted by atomic mass is 10.2. The molecule has 1 saturated heterocycles. The van der Waals surface area contributed by atoms with Crippen molar-refractivity contribution in [3.05, 3.63) is 12.2 Å². The Hall–Kier alpha value is -0.870. The Morgan fingerprint density at radius 2 is 2.35 bits per heavy atom. The first-order valence-corrected chi connectivity index (χ1v) is 6.17. The molecule has 1 rings (SSSR count). The number of ether oxygens (including phenoxy) is 2. The molecule has 0 aromatic heterocycles. The van der Waals surface area contributed by atoms with E-state index in [0.717, 1.165) is 38.1 Å². The maximum atomic E-state index is 11.1. The summed E-state index contributed by atoms with van der Waals surface area (Å²) < 4.78 is 10.3. The zero-order valence-electron chi connectivity index (χ0n) is 10.9. The van der Waals surface area contributed by atoms with Gasteiger partial charge in [-0.15, -0.1) is 0 Å². The third kappa shape index (κ3) is 5.84. The standard InChI is InChI=1S/C13H23NO3/c1-11(2)9-14(7-6-13(15)16-3)10-12-5-4-8-17-12/h12H,1,4-10H2,2-3H3/t12-/m1/s1. The number of carbonyl (C=O) groups is 1. The molecule has 0 saturated carbocycles. The van der Waals surface area contributed by atoms with E-state index in [-0.39, 0.29) is 5.97 Å². The first-order chi connectivity index (χ1) is 8.11. The molecule has 0 aromatic rings. The lowest BCUT2D eigenvalue weighted by molar-refractivity contribution is -0.141. The van der Waals surface area contributed by atoms with E-state index in [1.165, 1.54) is 7.11 Å². The Bertz CT molecular complexity index is 259. The van der Waals surface area contributed by atoms with Crippen LogP contribution >= 0.6 is 0 Å². The van der Waals surface area contributed by atoms with Crippen LogP contribution in [0.1, 0.15) is 26.2 Å². The van der Waals surface area contributed by atoms with Gasteiger partial charge in [0.05, 0.1) is 19.6 Å². The largest absolute Gasteiger partial charge is 0.469 e. The van der Waals surface area contributed by atoms with Crippen molar-refractivity contribution >= 4 is 5.97 Å². The molecular formula is C13H23NO3. The smallest absolute Gasteiger partial charge is 0.306 e. The quantitative estimate of drug-likeness (QED) is 0.501. The minimum Gasteiger partial charge on any atom is -0.469 e. The molecular weight excluding hydrogens is 218 g/mol. The van der Waals surface area contributed by atoms with Crippen LogP contribution < -0.4 is 0 Å². The minimum atomic E-state index is -0.163. The summed E-state index contributed by atoms with van der Waals surface area (Å²) in [5, 5.41) is 0. The zero-order valence-corrected chi connectivity index (χ0v) is 10.9. The summed E-state index contributed by atoms with van der Waals surface area (Å²) in [5.74, 6) is -0.163. The van der Waals surface area contributed by atoms with Crippen LogP contribution in [0.3, 0.4) is 0 Å². The Kier molecular flexibility index (Phi) is 6.22. The fourth-order valence-corrected chi connectivity index (χ4v) is 2.04. The van der Waals surface area contributed by atoms with E-state index in [0.29, 0.717) is 19.1 Å². The molecule has 1 atom stereocenters. The molecule has 0 N–H and O–H groups in total. The third-order valence-electron chi connectivity index (χ3n) is 2.84. The van der Waals surface area contributed by atoms with Gasteiger partial charge < -0.3 is 9.47 Å². The van der Waals surface area contributed by atoms with Crippen LogP contribution in [0.25, 0.3) is 0 Å². The zero-order chi connectivity index (χ0) is 12.7. The monoisotopic (exact) mass is 241 g/mol. The molecule has 0 amide bonds. The van der Waals surface area contributed by atoms with Crippen molar-refractivity contribution in [2.45, 2.75) is 32.3 Å². The molecule has 0 aromatic carbocycles. The first kappa shape index (κ1) is 14.2. The second kappa shape index (κ2) is 7.45. The molecule has 0 aliphatic carbocycles.